The summed E-state index contributed by atoms with van der Waals surface area (Å²) in [5.74, 6) is -0.229. The summed E-state index contributed by atoms with van der Waals surface area (Å²) >= 11 is 5.87. The second kappa shape index (κ2) is 9.17. The third-order valence-corrected chi connectivity index (χ3v) is 4.87. The van der Waals surface area contributed by atoms with Gasteiger partial charge in [-0.15, -0.1) is 0 Å². The summed E-state index contributed by atoms with van der Waals surface area (Å²) < 4.78 is 5.52. The van der Waals surface area contributed by atoms with Gasteiger partial charge in [-0.2, -0.15) is 0 Å². The molecule has 3 rings (SSSR count). The highest BCUT2D eigenvalue weighted by molar-refractivity contribution is 6.30. The Morgan fingerprint density at radius 1 is 1.17 bits per heavy atom. The lowest BCUT2D eigenvalue weighted by atomic mass is 10.0. The second-order valence-corrected chi connectivity index (χ2v) is 8.05. The maximum atomic E-state index is 12.9. The van der Waals surface area contributed by atoms with Crippen LogP contribution in [0.5, 0.6) is 5.75 Å². The zero-order valence-electron chi connectivity index (χ0n) is 17.0. The molecule has 3 N–H and O–H groups in total. The minimum absolute atomic E-state index is 0.184. The van der Waals surface area contributed by atoms with Gasteiger partial charge in [-0.25, -0.2) is 0 Å². The highest BCUT2D eigenvalue weighted by Crippen LogP contribution is 2.32. The molecule has 2 atom stereocenters. The number of fused-ring (bicyclic) bond motifs is 1. The highest BCUT2D eigenvalue weighted by atomic mass is 35.5. The minimum atomic E-state index is -0.727. The van der Waals surface area contributed by atoms with Crippen LogP contribution in [0.25, 0.3) is 0 Å². The van der Waals surface area contributed by atoms with Crippen molar-refractivity contribution >= 4 is 40.7 Å². The molecule has 1 aliphatic heterocycles. The molecule has 30 heavy (non-hydrogen) atoms. The molecule has 1 heterocycles. The van der Waals surface area contributed by atoms with Crippen molar-refractivity contribution in [1.29, 1.82) is 0 Å². The van der Waals surface area contributed by atoms with Crippen LogP contribution in [0.15, 0.2) is 42.5 Å². The van der Waals surface area contributed by atoms with Gasteiger partial charge in [-0.3, -0.25) is 14.4 Å². The predicted molar refractivity (Wildman–Crippen MR) is 116 cm³/mol. The molecule has 1 aliphatic rings. The van der Waals surface area contributed by atoms with E-state index in [-0.39, 0.29) is 23.6 Å². The van der Waals surface area contributed by atoms with Crippen molar-refractivity contribution in [2.24, 2.45) is 5.92 Å². The summed E-state index contributed by atoms with van der Waals surface area (Å²) in [4.78, 5) is 37.3. The minimum Gasteiger partial charge on any atom is -0.479 e. The predicted octanol–water partition coefficient (Wildman–Crippen LogP) is 3.84. The first kappa shape index (κ1) is 21.6. The number of carbonyl (C=O) groups excluding carboxylic acids is 3. The van der Waals surface area contributed by atoms with E-state index in [9.17, 15) is 14.4 Å². The van der Waals surface area contributed by atoms with Gasteiger partial charge in [0, 0.05) is 16.3 Å². The molecular weight excluding hydrogens is 406 g/mol. The molecule has 7 nitrogen and oxygen atoms in total. The van der Waals surface area contributed by atoms with E-state index in [1.54, 1.807) is 49.4 Å². The Kier molecular flexibility index (Phi) is 6.62. The normalized spacial score (nSPS) is 16.2. The molecule has 0 aromatic heterocycles. The molecule has 3 amide bonds. The third-order valence-electron chi connectivity index (χ3n) is 4.61. The summed E-state index contributed by atoms with van der Waals surface area (Å²) in [6, 6.07) is 10.7. The molecular formula is C22H24ClN3O4. The lowest BCUT2D eigenvalue weighted by Gasteiger charge is -2.24. The molecule has 8 heteroatoms. The third kappa shape index (κ3) is 5.30. The molecule has 158 valence electrons. The van der Waals surface area contributed by atoms with Crippen LogP contribution in [0.1, 0.15) is 37.6 Å². The number of ether oxygens (including phenoxy) is 1. The molecule has 2 aromatic rings. The Balaban J connectivity index is 1.72. The van der Waals surface area contributed by atoms with E-state index >= 15 is 0 Å². The number of hydrogen-bond acceptors (Lipinski definition) is 4. The number of rotatable bonds is 6. The number of benzene rings is 2. The molecule has 0 spiro atoms. The highest BCUT2D eigenvalue weighted by Gasteiger charge is 2.25. The van der Waals surface area contributed by atoms with Gasteiger partial charge in [0.1, 0.15) is 11.8 Å². The zero-order valence-corrected chi connectivity index (χ0v) is 17.7. The molecule has 0 radical (unpaired) electrons. The molecule has 0 saturated carbocycles. The summed E-state index contributed by atoms with van der Waals surface area (Å²) in [6.07, 6.45) is -0.107. The topological polar surface area (TPSA) is 96.5 Å². The van der Waals surface area contributed by atoms with E-state index in [4.69, 9.17) is 16.3 Å². The van der Waals surface area contributed by atoms with E-state index in [1.807, 2.05) is 13.8 Å². The van der Waals surface area contributed by atoms with Crippen molar-refractivity contribution in [2.75, 3.05) is 10.6 Å². The second-order valence-electron chi connectivity index (χ2n) is 7.61. The van der Waals surface area contributed by atoms with Gasteiger partial charge in [-0.05, 0) is 61.7 Å². The van der Waals surface area contributed by atoms with Crippen LogP contribution in [-0.2, 0) is 9.59 Å². The van der Waals surface area contributed by atoms with Crippen LogP contribution < -0.4 is 20.7 Å². The van der Waals surface area contributed by atoms with Crippen LogP contribution in [-0.4, -0.2) is 29.9 Å². The van der Waals surface area contributed by atoms with E-state index in [2.05, 4.69) is 16.0 Å². The first-order valence-electron chi connectivity index (χ1n) is 9.72. The number of nitrogens with one attached hydrogen (secondary N) is 3. The molecule has 0 bridgehead atoms. The fourth-order valence-electron chi connectivity index (χ4n) is 3.06. The van der Waals surface area contributed by atoms with E-state index < -0.39 is 12.1 Å². The van der Waals surface area contributed by atoms with Gasteiger partial charge < -0.3 is 20.7 Å². The monoisotopic (exact) mass is 429 g/mol. The molecule has 0 saturated heterocycles. The van der Waals surface area contributed by atoms with E-state index in [0.717, 1.165) is 0 Å². The Morgan fingerprint density at radius 3 is 2.53 bits per heavy atom. The molecule has 0 fully saturated rings. The smallest absolute Gasteiger partial charge is 0.265 e. The number of anilines is 2. The number of amides is 3. The van der Waals surface area contributed by atoms with Crippen molar-refractivity contribution in [2.45, 2.75) is 39.3 Å². The summed E-state index contributed by atoms with van der Waals surface area (Å²) in [6.45, 7) is 5.61. The summed E-state index contributed by atoms with van der Waals surface area (Å²) in [5, 5.41) is 8.87. The lowest BCUT2D eigenvalue weighted by Crippen LogP contribution is -2.44. The Morgan fingerprint density at radius 2 is 1.87 bits per heavy atom. The van der Waals surface area contributed by atoms with Gasteiger partial charge in [0.15, 0.2) is 6.10 Å². The summed E-state index contributed by atoms with van der Waals surface area (Å²) in [7, 11) is 0. The Hall–Kier alpha value is -3.06. The van der Waals surface area contributed by atoms with Gasteiger partial charge >= 0.3 is 0 Å². The van der Waals surface area contributed by atoms with Crippen LogP contribution in [0.4, 0.5) is 11.4 Å². The van der Waals surface area contributed by atoms with Gasteiger partial charge in [0.2, 0.25) is 5.91 Å². The van der Waals surface area contributed by atoms with Crippen LogP contribution >= 0.6 is 11.6 Å². The van der Waals surface area contributed by atoms with Crippen molar-refractivity contribution in [3.63, 3.8) is 0 Å². The largest absolute Gasteiger partial charge is 0.479 e. The molecule has 2 aromatic carbocycles. The van der Waals surface area contributed by atoms with Gasteiger partial charge in [-0.1, -0.05) is 25.4 Å². The zero-order chi connectivity index (χ0) is 21.8. The maximum Gasteiger partial charge on any atom is 0.265 e. The van der Waals surface area contributed by atoms with Crippen molar-refractivity contribution < 1.29 is 19.1 Å². The first-order chi connectivity index (χ1) is 14.2. The van der Waals surface area contributed by atoms with Gasteiger partial charge in [0.05, 0.1) is 5.69 Å². The standard InChI is InChI=1S/C22H24ClN3O4/c1-12(2)10-18(26-21(28)14-4-6-15(23)7-5-14)22(29)24-16-8-9-19-17(11-16)25-20(27)13(3)30-19/h4-9,11-13,18H,10H2,1-3H3,(H,24,29)(H,25,27)(H,26,28). The van der Waals surface area contributed by atoms with E-state index in [0.29, 0.717) is 34.1 Å². The van der Waals surface area contributed by atoms with Crippen LogP contribution in [0.3, 0.4) is 0 Å². The average Bonchev–Trinajstić information content (AvgIpc) is 2.68. The fraction of sp³-hybridized carbons (Fsp3) is 0.318. The number of hydrogen-bond donors (Lipinski definition) is 3. The van der Waals surface area contributed by atoms with Crippen molar-refractivity contribution in [1.82, 2.24) is 5.32 Å². The quantitative estimate of drug-likeness (QED) is 0.649. The van der Waals surface area contributed by atoms with Gasteiger partial charge in [0.25, 0.3) is 11.8 Å². The van der Waals surface area contributed by atoms with Crippen molar-refractivity contribution in [3.05, 3.63) is 53.1 Å². The molecule has 0 aliphatic carbocycles. The fourth-order valence-corrected chi connectivity index (χ4v) is 3.19. The van der Waals surface area contributed by atoms with Crippen LogP contribution in [0.2, 0.25) is 5.02 Å². The first-order valence-corrected chi connectivity index (χ1v) is 10.1. The summed E-state index contributed by atoms with van der Waals surface area (Å²) in [5.41, 5.74) is 1.40. The SMILES string of the molecule is CC(C)CC(NC(=O)c1ccc(Cl)cc1)C(=O)Nc1ccc2c(c1)NC(=O)C(C)O2. The van der Waals surface area contributed by atoms with Crippen molar-refractivity contribution in [3.8, 4) is 5.75 Å². The number of carbonyl (C=O) groups is 3. The maximum absolute atomic E-state index is 12.9. The Labute approximate surface area is 180 Å². The van der Waals surface area contributed by atoms with Crippen LogP contribution in [0, 0.1) is 5.92 Å². The van der Waals surface area contributed by atoms with E-state index in [1.165, 1.54) is 0 Å². The Bertz CT molecular complexity index is 959. The average molecular weight is 430 g/mol. The molecule has 2 unspecified atom stereocenters. The number of halogens is 1. The lowest BCUT2D eigenvalue weighted by molar-refractivity contribution is -0.122.